The molecule has 0 saturated heterocycles. The fourth-order valence-corrected chi connectivity index (χ4v) is 5.58. The van der Waals surface area contributed by atoms with E-state index in [9.17, 15) is 0 Å². The Balaban J connectivity index is 2.00. The van der Waals surface area contributed by atoms with Crippen molar-refractivity contribution in [1.29, 1.82) is 0 Å². The first kappa shape index (κ1) is 29.6. The normalized spacial score (nSPS) is 12.9. The van der Waals surface area contributed by atoms with Crippen LogP contribution in [0.25, 0.3) is 0 Å². The van der Waals surface area contributed by atoms with Gasteiger partial charge in [0.2, 0.25) is 0 Å². The van der Waals surface area contributed by atoms with E-state index in [1.807, 2.05) is 11.8 Å². The molecule has 0 bridgehead atoms. The summed E-state index contributed by atoms with van der Waals surface area (Å²) >= 11 is 1.86. The zero-order valence-corrected chi connectivity index (χ0v) is 23.9. The van der Waals surface area contributed by atoms with Gasteiger partial charge in [-0.25, -0.2) is 0 Å². The van der Waals surface area contributed by atoms with Gasteiger partial charge in [-0.3, -0.25) is 0 Å². The Bertz CT molecular complexity index is 776. The second-order valence-corrected chi connectivity index (χ2v) is 11.4. The fraction of sp³-hybridized carbons (Fsp3) is 0.625. The van der Waals surface area contributed by atoms with Crippen LogP contribution in [0, 0.1) is 0 Å². The lowest BCUT2D eigenvalue weighted by Crippen LogP contribution is -2.20. The summed E-state index contributed by atoms with van der Waals surface area (Å²) in [6, 6.07) is 18.4. The first-order valence-corrected chi connectivity index (χ1v) is 15.3. The molecule has 3 heteroatoms. The van der Waals surface area contributed by atoms with E-state index in [0.717, 1.165) is 0 Å². The lowest BCUT2D eigenvalue weighted by Gasteiger charge is -2.24. The summed E-state index contributed by atoms with van der Waals surface area (Å²) in [6.45, 7) is 9.26. The van der Waals surface area contributed by atoms with Gasteiger partial charge in [0.25, 0.3) is 0 Å². The Morgan fingerprint density at radius 2 is 1.14 bits per heavy atom. The smallest absolute Gasteiger partial charge is 0.0719 e. The molecule has 0 aliphatic carbocycles. The molecule has 2 nitrogen and oxygen atoms in total. The van der Waals surface area contributed by atoms with Crippen LogP contribution in [0.5, 0.6) is 0 Å². The standard InChI is InChI=1S/C32H52N2S/c1-5-7-9-11-13-16-21-27(3)33-30-25-20-26-31(35-29-23-18-15-19-24-29)32(30)34-28(4)22-17-14-12-10-8-6-2/h15,18-20,23-28,33-34H,5-14,16-17,21-22H2,1-4H3. The molecule has 2 rings (SSSR count). The van der Waals surface area contributed by atoms with E-state index >= 15 is 0 Å². The number of para-hydroxylation sites is 1. The quantitative estimate of drug-likeness (QED) is 0.178. The lowest BCUT2D eigenvalue weighted by molar-refractivity contribution is 0.564. The summed E-state index contributed by atoms with van der Waals surface area (Å²) < 4.78 is 0. The van der Waals surface area contributed by atoms with Crippen LogP contribution in [-0.2, 0) is 0 Å². The van der Waals surface area contributed by atoms with Crippen LogP contribution in [-0.4, -0.2) is 12.1 Å². The third-order valence-electron chi connectivity index (χ3n) is 6.77. The Morgan fingerprint density at radius 3 is 1.74 bits per heavy atom. The van der Waals surface area contributed by atoms with E-state index < -0.39 is 0 Å². The van der Waals surface area contributed by atoms with Gasteiger partial charge in [0, 0.05) is 21.9 Å². The molecule has 0 aliphatic rings. The fourth-order valence-electron chi connectivity index (χ4n) is 4.62. The zero-order chi connectivity index (χ0) is 25.1. The molecule has 2 aromatic carbocycles. The Kier molecular flexibility index (Phi) is 15.8. The number of nitrogens with one attached hydrogen (secondary N) is 2. The molecule has 2 unspecified atom stereocenters. The van der Waals surface area contributed by atoms with Crippen LogP contribution in [0.4, 0.5) is 11.4 Å². The highest BCUT2D eigenvalue weighted by Crippen LogP contribution is 2.39. The second kappa shape index (κ2) is 18.6. The van der Waals surface area contributed by atoms with Gasteiger partial charge in [-0.1, -0.05) is 127 Å². The minimum absolute atomic E-state index is 0.466. The van der Waals surface area contributed by atoms with Gasteiger partial charge < -0.3 is 10.6 Å². The number of hydrogen-bond acceptors (Lipinski definition) is 3. The summed E-state index contributed by atoms with van der Waals surface area (Å²) in [6.07, 6.45) is 18.7. The largest absolute Gasteiger partial charge is 0.381 e. The van der Waals surface area contributed by atoms with Crippen molar-refractivity contribution in [3.05, 3.63) is 48.5 Å². The Labute approximate surface area is 221 Å². The van der Waals surface area contributed by atoms with Crippen molar-refractivity contribution in [3.8, 4) is 0 Å². The number of hydrogen-bond donors (Lipinski definition) is 2. The molecule has 0 heterocycles. The zero-order valence-electron chi connectivity index (χ0n) is 23.1. The minimum atomic E-state index is 0.466. The molecule has 0 fully saturated rings. The van der Waals surface area contributed by atoms with Gasteiger partial charge in [-0.2, -0.15) is 0 Å². The van der Waals surface area contributed by atoms with Gasteiger partial charge in [-0.15, -0.1) is 0 Å². The first-order valence-electron chi connectivity index (χ1n) is 14.5. The molecule has 0 amide bonds. The third-order valence-corrected chi connectivity index (χ3v) is 7.84. The van der Waals surface area contributed by atoms with Crippen molar-refractivity contribution in [3.63, 3.8) is 0 Å². The molecule has 0 radical (unpaired) electrons. The van der Waals surface area contributed by atoms with Crippen molar-refractivity contribution >= 4 is 23.1 Å². The lowest BCUT2D eigenvalue weighted by atomic mass is 10.1. The number of anilines is 2. The van der Waals surface area contributed by atoms with Crippen molar-refractivity contribution < 1.29 is 0 Å². The predicted octanol–water partition coefficient (Wildman–Crippen LogP) is 10.9. The topological polar surface area (TPSA) is 24.1 Å². The summed E-state index contributed by atoms with van der Waals surface area (Å²) in [5.74, 6) is 0. The number of unbranched alkanes of at least 4 members (excludes halogenated alkanes) is 10. The highest BCUT2D eigenvalue weighted by atomic mass is 32.2. The summed E-state index contributed by atoms with van der Waals surface area (Å²) in [7, 11) is 0. The first-order chi connectivity index (χ1) is 17.1. The van der Waals surface area contributed by atoms with Gasteiger partial charge in [0.05, 0.1) is 11.4 Å². The summed E-state index contributed by atoms with van der Waals surface area (Å²) in [5.41, 5.74) is 2.52. The van der Waals surface area contributed by atoms with E-state index in [2.05, 4.69) is 86.9 Å². The molecule has 0 aromatic heterocycles. The van der Waals surface area contributed by atoms with Crippen molar-refractivity contribution in [2.45, 2.75) is 139 Å². The molecule has 35 heavy (non-hydrogen) atoms. The van der Waals surface area contributed by atoms with Crippen LogP contribution in [0.1, 0.15) is 118 Å². The van der Waals surface area contributed by atoms with Gasteiger partial charge >= 0.3 is 0 Å². The maximum absolute atomic E-state index is 3.91. The SMILES string of the molecule is CCCCCCCCC(C)Nc1cccc(Sc2ccccc2)c1NC(C)CCCCCCCC. The highest BCUT2D eigenvalue weighted by Gasteiger charge is 2.14. The summed E-state index contributed by atoms with van der Waals surface area (Å²) in [5, 5.41) is 7.77. The summed E-state index contributed by atoms with van der Waals surface area (Å²) in [4.78, 5) is 2.60. The minimum Gasteiger partial charge on any atom is -0.381 e. The van der Waals surface area contributed by atoms with Gasteiger partial charge in [0.15, 0.2) is 0 Å². The monoisotopic (exact) mass is 496 g/mol. The Morgan fingerprint density at radius 1 is 0.600 bits per heavy atom. The molecule has 0 aliphatic heterocycles. The molecule has 0 saturated carbocycles. The van der Waals surface area contributed by atoms with Crippen LogP contribution in [0.2, 0.25) is 0 Å². The molecule has 196 valence electrons. The number of benzene rings is 2. The van der Waals surface area contributed by atoms with Gasteiger partial charge in [-0.05, 0) is 51.0 Å². The van der Waals surface area contributed by atoms with E-state index in [1.165, 1.54) is 111 Å². The maximum atomic E-state index is 3.91. The van der Waals surface area contributed by atoms with Crippen molar-refractivity contribution in [2.24, 2.45) is 0 Å². The van der Waals surface area contributed by atoms with E-state index in [-0.39, 0.29) is 0 Å². The molecule has 2 atom stereocenters. The van der Waals surface area contributed by atoms with E-state index in [4.69, 9.17) is 0 Å². The average molecular weight is 497 g/mol. The van der Waals surface area contributed by atoms with E-state index in [1.54, 1.807) is 0 Å². The molecule has 2 aromatic rings. The van der Waals surface area contributed by atoms with Crippen molar-refractivity contribution in [2.75, 3.05) is 10.6 Å². The van der Waals surface area contributed by atoms with Crippen LogP contribution in [0.3, 0.4) is 0 Å². The van der Waals surface area contributed by atoms with Gasteiger partial charge in [0.1, 0.15) is 0 Å². The van der Waals surface area contributed by atoms with Crippen molar-refractivity contribution in [1.82, 2.24) is 0 Å². The molecular weight excluding hydrogens is 444 g/mol. The molecule has 2 N–H and O–H groups in total. The van der Waals surface area contributed by atoms with Crippen LogP contribution < -0.4 is 10.6 Å². The third kappa shape index (κ3) is 12.8. The van der Waals surface area contributed by atoms with Crippen LogP contribution in [0.15, 0.2) is 58.3 Å². The predicted molar refractivity (Wildman–Crippen MR) is 159 cm³/mol. The molecular formula is C32H52N2S. The highest BCUT2D eigenvalue weighted by molar-refractivity contribution is 7.99. The maximum Gasteiger partial charge on any atom is 0.0719 e. The van der Waals surface area contributed by atoms with Crippen LogP contribution >= 0.6 is 11.8 Å². The van der Waals surface area contributed by atoms with E-state index in [0.29, 0.717) is 12.1 Å². The Hall–Kier alpha value is -1.61. The average Bonchev–Trinajstić information content (AvgIpc) is 2.86. The molecule has 0 spiro atoms. The second-order valence-electron chi connectivity index (χ2n) is 10.3. The number of rotatable bonds is 20.